The van der Waals surface area contributed by atoms with Gasteiger partial charge in [0.1, 0.15) is 12.6 Å². The minimum absolute atomic E-state index is 0.129. The van der Waals surface area contributed by atoms with E-state index in [0.717, 1.165) is 32.1 Å². The van der Waals surface area contributed by atoms with Gasteiger partial charge in [0.15, 0.2) is 6.10 Å². The summed E-state index contributed by atoms with van der Waals surface area (Å²) in [4.78, 5) is 43.8. The number of aliphatic hydroxyl groups is 1. The Morgan fingerprint density at radius 3 is 2.14 bits per heavy atom. The van der Waals surface area contributed by atoms with Crippen LogP contribution in [0.2, 0.25) is 0 Å². The molecule has 3 amide bonds. The van der Waals surface area contributed by atoms with Gasteiger partial charge in [-0.15, -0.1) is 0 Å². The molecule has 7 nitrogen and oxygen atoms in total. The Morgan fingerprint density at radius 2 is 1.57 bits per heavy atom. The second-order valence-electron chi connectivity index (χ2n) is 11.4. The Bertz CT molecular complexity index is 1260. The summed E-state index contributed by atoms with van der Waals surface area (Å²) in [5.41, 5.74) is 1.40. The van der Waals surface area contributed by atoms with Gasteiger partial charge in [0.25, 0.3) is 5.91 Å². The van der Waals surface area contributed by atoms with Gasteiger partial charge in [0.2, 0.25) is 11.8 Å². The van der Waals surface area contributed by atoms with Gasteiger partial charge in [-0.25, -0.2) is 0 Å². The highest BCUT2D eigenvalue weighted by molar-refractivity contribution is 6.00. The minimum atomic E-state index is -4.97. The summed E-state index contributed by atoms with van der Waals surface area (Å²) in [6.07, 6.45) is -1.98. The van der Waals surface area contributed by atoms with Crippen LogP contribution in [-0.2, 0) is 20.8 Å². The van der Waals surface area contributed by atoms with Crippen molar-refractivity contribution < 1.29 is 32.7 Å². The molecule has 3 unspecified atom stereocenters. The maximum absolute atomic E-state index is 14.0. The van der Waals surface area contributed by atoms with Crippen molar-refractivity contribution in [3.63, 3.8) is 0 Å². The Morgan fingerprint density at radius 1 is 0.976 bits per heavy atom. The molecule has 0 aromatic heterocycles. The molecule has 0 saturated heterocycles. The van der Waals surface area contributed by atoms with Crippen LogP contribution in [0.1, 0.15) is 57.1 Å². The summed E-state index contributed by atoms with van der Waals surface area (Å²) in [7, 11) is 0. The van der Waals surface area contributed by atoms with E-state index >= 15 is 0 Å². The standard InChI is InChI=1S/C32H38F3N3O4/c1-21(2)28-31(42)37(20-27(39)36-25(29(40)32(33,34)35)18-22-12-6-3-7-13-22)26(23-14-8-4-9-15-23)19-38(28)30(41)24-16-10-5-11-17-24/h3-4,6-9,12-15,19,21,24-25,28-29,40H,5,10-11,16-18,20H2,1-2H3,(H,36,39). The van der Waals surface area contributed by atoms with Crippen LogP contribution in [0, 0.1) is 11.8 Å². The third kappa shape index (κ3) is 7.40. The third-order valence-electron chi connectivity index (χ3n) is 7.94. The van der Waals surface area contributed by atoms with Crippen LogP contribution in [0.4, 0.5) is 13.2 Å². The van der Waals surface area contributed by atoms with Gasteiger partial charge < -0.3 is 15.3 Å². The Labute approximate surface area is 244 Å². The Balaban J connectivity index is 1.65. The van der Waals surface area contributed by atoms with Crippen molar-refractivity contribution in [2.75, 3.05) is 6.54 Å². The number of carbonyl (C=O) groups is 3. The van der Waals surface area contributed by atoms with E-state index in [0.29, 0.717) is 16.8 Å². The van der Waals surface area contributed by atoms with E-state index in [1.807, 2.05) is 13.8 Å². The fourth-order valence-electron chi connectivity index (χ4n) is 5.78. The maximum Gasteiger partial charge on any atom is 0.416 e. The molecule has 1 aliphatic heterocycles. The lowest BCUT2D eigenvalue weighted by Crippen LogP contribution is -2.58. The number of alkyl halides is 3. The number of nitrogens with zero attached hydrogens (tertiary/aromatic N) is 2. The number of benzene rings is 2. The average molecular weight is 586 g/mol. The van der Waals surface area contributed by atoms with Crippen molar-refractivity contribution in [3.8, 4) is 0 Å². The highest BCUT2D eigenvalue weighted by Gasteiger charge is 2.45. The molecule has 10 heteroatoms. The molecule has 1 heterocycles. The van der Waals surface area contributed by atoms with Crippen LogP contribution >= 0.6 is 0 Å². The molecular formula is C32H38F3N3O4. The van der Waals surface area contributed by atoms with Crippen molar-refractivity contribution in [2.45, 2.75) is 76.7 Å². The van der Waals surface area contributed by atoms with E-state index in [4.69, 9.17) is 0 Å². The van der Waals surface area contributed by atoms with Gasteiger partial charge in [0.05, 0.1) is 11.7 Å². The molecule has 4 rings (SSSR count). The Hall–Kier alpha value is -3.66. The van der Waals surface area contributed by atoms with Crippen LogP contribution in [0.3, 0.4) is 0 Å². The predicted octanol–water partition coefficient (Wildman–Crippen LogP) is 4.91. The van der Waals surface area contributed by atoms with Crippen molar-refractivity contribution in [2.24, 2.45) is 11.8 Å². The average Bonchev–Trinajstić information content (AvgIpc) is 2.97. The lowest BCUT2D eigenvalue weighted by atomic mass is 9.87. The van der Waals surface area contributed by atoms with Crippen LogP contribution in [0.25, 0.3) is 5.70 Å². The van der Waals surface area contributed by atoms with E-state index in [9.17, 15) is 32.7 Å². The number of rotatable bonds is 9. The highest BCUT2D eigenvalue weighted by Crippen LogP contribution is 2.34. The summed E-state index contributed by atoms with van der Waals surface area (Å²) in [5.74, 6) is -1.96. The van der Waals surface area contributed by atoms with E-state index in [1.54, 1.807) is 66.9 Å². The molecule has 226 valence electrons. The molecular weight excluding hydrogens is 547 g/mol. The fourth-order valence-corrected chi connectivity index (χ4v) is 5.78. The van der Waals surface area contributed by atoms with Crippen LogP contribution in [0.15, 0.2) is 66.9 Å². The molecule has 2 aromatic rings. The van der Waals surface area contributed by atoms with Crippen LogP contribution in [-0.4, -0.2) is 63.5 Å². The second kappa shape index (κ2) is 13.5. The summed E-state index contributed by atoms with van der Waals surface area (Å²) < 4.78 is 40.7. The number of hydrogen-bond donors (Lipinski definition) is 2. The lowest BCUT2D eigenvalue weighted by molar-refractivity contribution is -0.212. The monoisotopic (exact) mass is 585 g/mol. The van der Waals surface area contributed by atoms with Gasteiger partial charge in [-0.1, -0.05) is 93.8 Å². The summed E-state index contributed by atoms with van der Waals surface area (Å²) in [5, 5.41) is 12.4. The number of carbonyl (C=O) groups excluding carboxylic acids is 3. The number of amides is 3. The largest absolute Gasteiger partial charge is 0.416 e. The zero-order valence-electron chi connectivity index (χ0n) is 23.9. The lowest BCUT2D eigenvalue weighted by Gasteiger charge is -2.42. The van der Waals surface area contributed by atoms with Gasteiger partial charge in [0, 0.05) is 12.1 Å². The molecule has 0 spiro atoms. The molecule has 0 radical (unpaired) electrons. The van der Waals surface area contributed by atoms with Crippen molar-refractivity contribution in [3.05, 3.63) is 78.0 Å². The minimum Gasteiger partial charge on any atom is -0.382 e. The van der Waals surface area contributed by atoms with Crippen molar-refractivity contribution >= 4 is 23.4 Å². The summed E-state index contributed by atoms with van der Waals surface area (Å²) in [6, 6.07) is 14.5. The first-order valence-electron chi connectivity index (χ1n) is 14.5. The topological polar surface area (TPSA) is 89.9 Å². The number of nitrogens with one attached hydrogen (secondary N) is 1. The fraction of sp³-hybridized carbons (Fsp3) is 0.469. The molecule has 1 fully saturated rings. The predicted molar refractivity (Wildman–Crippen MR) is 152 cm³/mol. The first-order chi connectivity index (χ1) is 20.0. The van der Waals surface area contributed by atoms with Crippen LogP contribution < -0.4 is 5.32 Å². The van der Waals surface area contributed by atoms with Crippen molar-refractivity contribution in [1.29, 1.82) is 0 Å². The molecule has 3 atom stereocenters. The second-order valence-corrected chi connectivity index (χ2v) is 11.4. The van der Waals surface area contributed by atoms with Gasteiger partial charge in [-0.3, -0.25) is 19.3 Å². The number of hydrogen-bond acceptors (Lipinski definition) is 4. The van der Waals surface area contributed by atoms with Crippen molar-refractivity contribution in [1.82, 2.24) is 15.1 Å². The van der Waals surface area contributed by atoms with Gasteiger partial charge >= 0.3 is 6.18 Å². The normalized spacial score (nSPS) is 19.8. The first kappa shape index (κ1) is 31.3. The van der Waals surface area contributed by atoms with Gasteiger partial charge in [-0.2, -0.15) is 13.2 Å². The molecule has 1 aliphatic carbocycles. The van der Waals surface area contributed by atoms with Crippen LogP contribution in [0.5, 0.6) is 0 Å². The molecule has 2 aromatic carbocycles. The number of aliphatic hydroxyl groups excluding tert-OH is 1. The maximum atomic E-state index is 14.0. The zero-order valence-corrected chi connectivity index (χ0v) is 23.9. The number of halogens is 3. The SMILES string of the molecule is CC(C)C1C(=O)N(CC(=O)NC(Cc2ccccc2)C(O)C(F)(F)F)C(c2ccccc2)=CN1C(=O)C1CCCCC1. The third-order valence-corrected chi connectivity index (χ3v) is 7.94. The molecule has 2 aliphatic rings. The quantitative estimate of drug-likeness (QED) is 0.438. The summed E-state index contributed by atoms with van der Waals surface area (Å²) >= 11 is 0. The molecule has 2 N–H and O–H groups in total. The van der Waals surface area contributed by atoms with E-state index in [2.05, 4.69) is 5.32 Å². The highest BCUT2D eigenvalue weighted by atomic mass is 19.4. The zero-order chi connectivity index (χ0) is 30.4. The summed E-state index contributed by atoms with van der Waals surface area (Å²) in [6.45, 7) is 3.06. The smallest absolute Gasteiger partial charge is 0.382 e. The first-order valence-corrected chi connectivity index (χ1v) is 14.5. The molecule has 42 heavy (non-hydrogen) atoms. The molecule has 0 bridgehead atoms. The molecule has 1 saturated carbocycles. The van der Waals surface area contributed by atoms with E-state index in [1.165, 1.54) is 9.80 Å². The van der Waals surface area contributed by atoms with Gasteiger partial charge in [-0.05, 0) is 36.3 Å². The Kier molecular flexibility index (Phi) is 10.1. The van der Waals surface area contributed by atoms with E-state index < -0.39 is 42.7 Å². The van der Waals surface area contributed by atoms with E-state index in [-0.39, 0.29) is 24.2 Å².